The molecule has 0 aromatic heterocycles. The summed E-state index contributed by atoms with van der Waals surface area (Å²) in [4.78, 5) is 11.6. The molecule has 2 aromatic rings. The molecule has 3 N–H and O–H groups in total. The maximum atomic E-state index is 11.6. The smallest absolute Gasteiger partial charge is 0.241 e. The molecule has 2 rings (SSSR count). The lowest BCUT2D eigenvalue weighted by Crippen LogP contribution is -2.32. The van der Waals surface area contributed by atoms with Gasteiger partial charge >= 0.3 is 0 Å². The molecule has 0 aliphatic rings. The van der Waals surface area contributed by atoms with Crippen molar-refractivity contribution in [2.24, 2.45) is 5.73 Å². The Morgan fingerprint density at radius 3 is 2.41 bits per heavy atom. The number of benzene rings is 2. The van der Waals surface area contributed by atoms with E-state index in [0.717, 1.165) is 22.6 Å². The van der Waals surface area contributed by atoms with Crippen LogP contribution in [-0.4, -0.2) is 11.9 Å². The van der Waals surface area contributed by atoms with E-state index in [-0.39, 0.29) is 12.0 Å². The highest BCUT2D eigenvalue weighted by Gasteiger charge is 2.11. The Bertz CT molecular complexity index is 639. The average Bonchev–Trinajstić information content (AvgIpc) is 2.50. The van der Waals surface area contributed by atoms with Crippen molar-refractivity contribution in [3.8, 4) is 5.75 Å². The molecule has 4 heteroatoms. The van der Waals surface area contributed by atoms with Crippen LogP contribution in [0.1, 0.15) is 31.1 Å². The number of hydrogen-bond acceptors (Lipinski definition) is 3. The molecule has 2 atom stereocenters. The predicted molar refractivity (Wildman–Crippen MR) is 88.9 cm³/mol. The first-order valence-corrected chi connectivity index (χ1v) is 7.36. The van der Waals surface area contributed by atoms with Crippen LogP contribution in [0.4, 0.5) is 5.69 Å². The summed E-state index contributed by atoms with van der Waals surface area (Å²) in [7, 11) is 0. The van der Waals surface area contributed by atoms with Crippen molar-refractivity contribution in [2.45, 2.75) is 32.9 Å². The number of aryl methyl sites for hydroxylation is 1. The topological polar surface area (TPSA) is 64.3 Å². The molecule has 22 heavy (non-hydrogen) atoms. The molecule has 0 heterocycles. The molecule has 1 unspecified atom stereocenters. The largest absolute Gasteiger partial charge is 0.486 e. The van der Waals surface area contributed by atoms with Gasteiger partial charge in [0.1, 0.15) is 11.9 Å². The highest BCUT2D eigenvalue weighted by atomic mass is 16.5. The number of amides is 1. The Morgan fingerprint density at radius 2 is 1.82 bits per heavy atom. The van der Waals surface area contributed by atoms with Gasteiger partial charge in [-0.3, -0.25) is 4.79 Å². The summed E-state index contributed by atoms with van der Waals surface area (Å²) in [5, 5.41) is 2.80. The third-order valence-electron chi connectivity index (χ3n) is 3.45. The molecule has 1 amide bonds. The Labute approximate surface area is 131 Å². The second-order valence-electron chi connectivity index (χ2n) is 5.43. The van der Waals surface area contributed by atoms with Gasteiger partial charge < -0.3 is 15.8 Å². The van der Waals surface area contributed by atoms with Gasteiger partial charge in [-0.2, -0.15) is 0 Å². The highest BCUT2D eigenvalue weighted by Crippen LogP contribution is 2.26. The van der Waals surface area contributed by atoms with E-state index in [0.29, 0.717) is 0 Å². The molecule has 0 fully saturated rings. The minimum absolute atomic E-state index is 0.0369. The zero-order valence-corrected chi connectivity index (χ0v) is 13.2. The van der Waals surface area contributed by atoms with E-state index < -0.39 is 6.04 Å². The van der Waals surface area contributed by atoms with Crippen molar-refractivity contribution in [1.82, 2.24) is 0 Å². The fraction of sp³-hybridized carbons (Fsp3) is 0.278. The SMILES string of the molecule is Cc1cc(OC(C)c2ccccc2)ccc1NC(=O)[C@@H](C)N. The number of anilines is 1. The van der Waals surface area contributed by atoms with Crippen molar-refractivity contribution in [3.63, 3.8) is 0 Å². The van der Waals surface area contributed by atoms with Crippen LogP contribution in [0.5, 0.6) is 5.75 Å². The first-order chi connectivity index (χ1) is 10.5. The number of carbonyl (C=O) groups is 1. The number of hydrogen-bond donors (Lipinski definition) is 2. The number of nitrogens with two attached hydrogens (primary N) is 1. The lowest BCUT2D eigenvalue weighted by molar-refractivity contribution is -0.117. The zero-order chi connectivity index (χ0) is 16.1. The van der Waals surface area contributed by atoms with Crippen LogP contribution in [-0.2, 0) is 4.79 Å². The molecule has 0 aliphatic carbocycles. The van der Waals surface area contributed by atoms with Gasteiger partial charge in [0, 0.05) is 5.69 Å². The first-order valence-electron chi connectivity index (χ1n) is 7.36. The second kappa shape index (κ2) is 7.09. The second-order valence-corrected chi connectivity index (χ2v) is 5.43. The fourth-order valence-corrected chi connectivity index (χ4v) is 2.09. The van der Waals surface area contributed by atoms with Crippen molar-refractivity contribution in [3.05, 3.63) is 59.7 Å². The molecule has 0 radical (unpaired) electrons. The quantitative estimate of drug-likeness (QED) is 0.889. The van der Waals surface area contributed by atoms with Crippen molar-refractivity contribution < 1.29 is 9.53 Å². The van der Waals surface area contributed by atoms with Crippen LogP contribution in [0.3, 0.4) is 0 Å². The van der Waals surface area contributed by atoms with E-state index in [1.807, 2.05) is 62.4 Å². The van der Waals surface area contributed by atoms with E-state index >= 15 is 0 Å². The van der Waals surface area contributed by atoms with Gasteiger partial charge in [-0.25, -0.2) is 0 Å². The van der Waals surface area contributed by atoms with Gasteiger partial charge in [0.25, 0.3) is 0 Å². The van der Waals surface area contributed by atoms with E-state index in [4.69, 9.17) is 10.5 Å². The van der Waals surface area contributed by atoms with Crippen LogP contribution in [0.2, 0.25) is 0 Å². The van der Waals surface area contributed by atoms with Crippen LogP contribution >= 0.6 is 0 Å². The molecule has 2 aromatic carbocycles. The molecule has 0 bridgehead atoms. The van der Waals surface area contributed by atoms with E-state index in [9.17, 15) is 4.79 Å². The number of ether oxygens (including phenoxy) is 1. The monoisotopic (exact) mass is 298 g/mol. The Balaban J connectivity index is 2.08. The Kier molecular flexibility index (Phi) is 5.17. The summed E-state index contributed by atoms with van der Waals surface area (Å²) in [6, 6.07) is 15.1. The maximum absolute atomic E-state index is 11.6. The molecule has 0 spiro atoms. The number of rotatable bonds is 5. The summed E-state index contributed by atoms with van der Waals surface area (Å²) in [6.07, 6.45) is -0.0369. The van der Waals surface area contributed by atoms with Crippen molar-refractivity contribution in [1.29, 1.82) is 0 Å². The summed E-state index contributed by atoms with van der Waals surface area (Å²) in [5.41, 5.74) is 8.37. The molecule has 0 saturated carbocycles. The Hall–Kier alpha value is -2.33. The minimum Gasteiger partial charge on any atom is -0.486 e. The van der Waals surface area contributed by atoms with Gasteiger partial charge in [-0.05, 0) is 50.1 Å². The molecular formula is C18H22N2O2. The van der Waals surface area contributed by atoms with Crippen molar-refractivity contribution in [2.75, 3.05) is 5.32 Å². The molecule has 0 saturated heterocycles. The number of nitrogens with one attached hydrogen (secondary N) is 1. The standard InChI is InChI=1S/C18H22N2O2/c1-12-11-16(9-10-17(12)20-18(21)13(2)19)22-14(3)15-7-5-4-6-8-15/h4-11,13-14H,19H2,1-3H3,(H,20,21)/t13-,14?/m1/s1. The average molecular weight is 298 g/mol. The van der Waals surface area contributed by atoms with Crippen LogP contribution < -0.4 is 15.8 Å². The first kappa shape index (κ1) is 16.0. The lowest BCUT2D eigenvalue weighted by atomic mass is 10.1. The Morgan fingerprint density at radius 1 is 1.14 bits per heavy atom. The summed E-state index contributed by atoms with van der Waals surface area (Å²) < 4.78 is 5.95. The summed E-state index contributed by atoms with van der Waals surface area (Å²) in [5.74, 6) is 0.571. The zero-order valence-electron chi connectivity index (χ0n) is 13.2. The van der Waals surface area contributed by atoms with Gasteiger partial charge in [-0.15, -0.1) is 0 Å². The van der Waals surface area contributed by atoms with Crippen molar-refractivity contribution >= 4 is 11.6 Å². The van der Waals surface area contributed by atoms with Gasteiger partial charge in [0.15, 0.2) is 0 Å². The van der Waals surface area contributed by atoms with Gasteiger partial charge in [0.2, 0.25) is 5.91 Å². The van der Waals surface area contributed by atoms with E-state index in [1.165, 1.54) is 0 Å². The van der Waals surface area contributed by atoms with E-state index in [2.05, 4.69) is 5.32 Å². The molecule has 4 nitrogen and oxygen atoms in total. The molecular weight excluding hydrogens is 276 g/mol. The van der Waals surface area contributed by atoms with Crippen LogP contribution in [0.25, 0.3) is 0 Å². The molecule has 0 aliphatic heterocycles. The van der Waals surface area contributed by atoms with Crippen LogP contribution in [0, 0.1) is 6.92 Å². The fourth-order valence-electron chi connectivity index (χ4n) is 2.09. The normalized spacial score (nSPS) is 13.3. The summed E-state index contributed by atoms with van der Waals surface area (Å²) >= 11 is 0. The predicted octanol–water partition coefficient (Wildman–Crippen LogP) is 3.42. The van der Waals surface area contributed by atoms with Gasteiger partial charge in [-0.1, -0.05) is 30.3 Å². The van der Waals surface area contributed by atoms with Crippen LogP contribution in [0.15, 0.2) is 48.5 Å². The molecule has 116 valence electrons. The third kappa shape index (κ3) is 4.09. The third-order valence-corrected chi connectivity index (χ3v) is 3.45. The highest BCUT2D eigenvalue weighted by molar-refractivity contribution is 5.95. The maximum Gasteiger partial charge on any atom is 0.241 e. The van der Waals surface area contributed by atoms with E-state index in [1.54, 1.807) is 6.92 Å². The summed E-state index contributed by atoms with van der Waals surface area (Å²) in [6.45, 7) is 5.59. The lowest BCUT2D eigenvalue weighted by Gasteiger charge is -2.17. The van der Waals surface area contributed by atoms with Gasteiger partial charge in [0.05, 0.1) is 6.04 Å². The minimum atomic E-state index is -0.534. The number of carbonyl (C=O) groups excluding carboxylic acids is 1.